The molecule has 1 aromatic carbocycles. The first-order valence-electron chi connectivity index (χ1n) is 9.70. The second-order valence-corrected chi connectivity index (χ2v) is 7.13. The van der Waals surface area contributed by atoms with E-state index in [9.17, 15) is 14.4 Å². The van der Waals surface area contributed by atoms with Gasteiger partial charge in [0, 0.05) is 71.3 Å². The number of amides is 1. The Morgan fingerprint density at radius 1 is 1.07 bits per heavy atom. The lowest BCUT2D eigenvalue weighted by molar-refractivity contribution is -0.116. The number of carbonyl (C=O) groups excluding carboxylic acids is 1. The van der Waals surface area contributed by atoms with Gasteiger partial charge in [-0.15, -0.1) is 0 Å². The molecule has 0 radical (unpaired) electrons. The van der Waals surface area contributed by atoms with Gasteiger partial charge in [0.1, 0.15) is 0 Å². The van der Waals surface area contributed by atoms with Gasteiger partial charge in [0.05, 0.1) is 5.56 Å². The number of hydrogen-bond donors (Lipinski definition) is 1. The van der Waals surface area contributed by atoms with Gasteiger partial charge in [-0.1, -0.05) is 18.2 Å². The molecule has 1 aliphatic rings. The third-order valence-electron chi connectivity index (χ3n) is 5.11. The van der Waals surface area contributed by atoms with E-state index < -0.39 is 11.2 Å². The SMILES string of the molecule is Cn1cc(/C=C/C(=O)NCCN2CCN(c3ccccc3)CC2)c(=O)n(C)c1=O. The van der Waals surface area contributed by atoms with Crippen molar-refractivity contribution in [3.8, 4) is 0 Å². The van der Waals surface area contributed by atoms with E-state index in [1.807, 2.05) is 6.07 Å². The van der Waals surface area contributed by atoms with Crippen LogP contribution in [0, 0.1) is 0 Å². The molecule has 154 valence electrons. The van der Waals surface area contributed by atoms with E-state index in [0.29, 0.717) is 12.1 Å². The summed E-state index contributed by atoms with van der Waals surface area (Å²) in [5, 5.41) is 2.84. The molecule has 0 unspecified atom stereocenters. The molecular formula is C21H27N5O3. The van der Waals surface area contributed by atoms with Gasteiger partial charge in [0.2, 0.25) is 5.91 Å². The number of anilines is 1. The normalized spacial score (nSPS) is 15.0. The van der Waals surface area contributed by atoms with E-state index in [0.717, 1.165) is 37.3 Å². The Labute approximate surface area is 169 Å². The van der Waals surface area contributed by atoms with Gasteiger partial charge in [0.15, 0.2) is 0 Å². The molecule has 0 saturated carbocycles. The Morgan fingerprint density at radius 2 is 1.76 bits per heavy atom. The van der Waals surface area contributed by atoms with Crippen molar-refractivity contribution < 1.29 is 4.79 Å². The standard InChI is InChI=1S/C21H27N5O3/c1-23-16-17(20(28)24(2)21(23)29)8-9-19(27)22-10-11-25-12-14-26(15-13-25)18-6-4-3-5-7-18/h3-9,16H,10-15H2,1-2H3,(H,22,27)/b9-8+. The van der Waals surface area contributed by atoms with Crippen LogP contribution < -0.4 is 21.5 Å². The van der Waals surface area contributed by atoms with Crippen LogP contribution in [-0.4, -0.2) is 59.2 Å². The predicted octanol–water partition coefficient (Wildman–Crippen LogP) is 0.0356. The number of hydrogen-bond acceptors (Lipinski definition) is 5. The number of piperazine rings is 1. The number of nitrogens with zero attached hydrogens (tertiary/aromatic N) is 4. The third-order valence-corrected chi connectivity index (χ3v) is 5.11. The highest BCUT2D eigenvalue weighted by Gasteiger charge is 2.16. The number of aromatic nitrogens is 2. The molecule has 2 aromatic rings. The fourth-order valence-corrected chi connectivity index (χ4v) is 3.38. The Kier molecular flexibility index (Phi) is 6.66. The van der Waals surface area contributed by atoms with Gasteiger partial charge in [-0.2, -0.15) is 0 Å². The number of rotatable bonds is 6. The van der Waals surface area contributed by atoms with Crippen LogP contribution in [0.25, 0.3) is 6.08 Å². The lowest BCUT2D eigenvalue weighted by atomic mass is 10.2. The number of nitrogens with one attached hydrogen (secondary N) is 1. The zero-order valence-electron chi connectivity index (χ0n) is 16.9. The summed E-state index contributed by atoms with van der Waals surface area (Å²) in [6.07, 6.45) is 4.20. The fraction of sp³-hybridized carbons (Fsp3) is 0.381. The predicted molar refractivity (Wildman–Crippen MR) is 114 cm³/mol. The maximum Gasteiger partial charge on any atom is 0.330 e. The summed E-state index contributed by atoms with van der Waals surface area (Å²) in [4.78, 5) is 40.5. The molecule has 1 amide bonds. The van der Waals surface area contributed by atoms with Crippen molar-refractivity contribution in [2.45, 2.75) is 0 Å². The van der Waals surface area contributed by atoms with Gasteiger partial charge in [-0.05, 0) is 18.2 Å². The second kappa shape index (κ2) is 9.38. The molecule has 3 rings (SSSR count). The van der Waals surface area contributed by atoms with Gasteiger partial charge in [0.25, 0.3) is 5.56 Å². The van der Waals surface area contributed by atoms with Crippen molar-refractivity contribution in [3.05, 3.63) is 69.0 Å². The summed E-state index contributed by atoms with van der Waals surface area (Å²) >= 11 is 0. The first kappa shape index (κ1) is 20.6. The van der Waals surface area contributed by atoms with Crippen LogP contribution >= 0.6 is 0 Å². The Balaban J connectivity index is 1.43. The average Bonchev–Trinajstić information content (AvgIpc) is 2.75. The van der Waals surface area contributed by atoms with Crippen molar-refractivity contribution in [2.75, 3.05) is 44.2 Å². The van der Waals surface area contributed by atoms with Gasteiger partial charge >= 0.3 is 5.69 Å². The van der Waals surface area contributed by atoms with E-state index in [4.69, 9.17) is 0 Å². The van der Waals surface area contributed by atoms with Crippen molar-refractivity contribution in [1.29, 1.82) is 0 Å². The molecule has 0 aliphatic carbocycles. The first-order chi connectivity index (χ1) is 14.0. The molecule has 1 fully saturated rings. The molecule has 0 bridgehead atoms. The molecule has 1 saturated heterocycles. The fourth-order valence-electron chi connectivity index (χ4n) is 3.38. The molecule has 1 N–H and O–H groups in total. The summed E-state index contributed by atoms with van der Waals surface area (Å²) in [6.45, 7) is 5.16. The average molecular weight is 397 g/mol. The summed E-state index contributed by atoms with van der Waals surface area (Å²) in [7, 11) is 2.98. The van der Waals surface area contributed by atoms with Crippen molar-refractivity contribution in [2.24, 2.45) is 14.1 Å². The van der Waals surface area contributed by atoms with E-state index in [1.165, 1.54) is 35.7 Å². The highest BCUT2D eigenvalue weighted by molar-refractivity contribution is 5.91. The minimum atomic E-state index is -0.423. The highest BCUT2D eigenvalue weighted by atomic mass is 16.2. The van der Waals surface area contributed by atoms with Crippen molar-refractivity contribution >= 4 is 17.7 Å². The Bertz CT molecular complexity index is 986. The van der Waals surface area contributed by atoms with E-state index in [2.05, 4.69) is 39.4 Å². The van der Waals surface area contributed by atoms with E-state index in [-0.39, 0.29) is 5.91 Å². The molecule has 2 heterocycles. The highest BCUT2D eigenvalue weighted by Crippen LogP contribution is 2.15. The lowest BCUT2D eigenvalue weighted by Crippen LogP contribution is -2.48. The molecule has 8 heteroatoms. The Morgan fingerprint density at radius 3 is 2.45 bits per heavy atom. The smallest absolute Gasteiger partial charge is 0.330 e. The zero-order valence-corrected chi connectivity index (χ0v) is 16.9. The lowest BCUT2D eigenvalue weighted by Gasteiger charge is -2.36. The number of benzene rings is 1. The maximum absolute atomic E-state index is 12.1. The minimum Gasteiger partial charge on any atom is -0.369 e. The van der Waals surface area contributed by atoms with Crippen molar-refractivity contribution in [1.82, 2.24) is 19.4 Å². The van der Waals surface area contributed by atoms with Crippen LogP contribution in [0.15, 0.2) is 52.2 Å². The molecule has 1 aliphatic heterocycles. The summed E-state index contributed by atoms with van der Waals surface area (Å²) in [6, 6.07) is 10.4. The summed E-state index contributed by atoms with van der Waals surface area (Å²) < 4.78 is 2.33. The molecule has 29 heavy (non-hydrogen) atoms. The van der Waals surface area contributed by atoms with Crippen LogP contribution in [0.5, 0.6) is 0 Å². The van der Waals surface area contributed by atoms with Crippen LogP contribution in [0.3, 0.4) is 0 Å². The van der Waals surface area contributed by atoms with Gasteiger partial charge in [-0.25, -0.2) is 4.79 Å². The van der Waals surface area contributed by atoms with Crippen LogP contribution in [-0.2, 0) is 18.9 Å². The first-order valence-corrected chi connectivity index (χ1v) is 9.70. The molecule has 8 nitrogen and oxygen atoms in total. The zero-order chi connectivity index (χ0) is 20.8. The van der Waals surface area contributed by atoms with Crippen molar-refractivity contribution in [3.63, 3.8) is 0 Å². The number of aryl methyl sites for hydroxylation is 1. The summed E-state index contributed by atoms with van der Waals surface area (Å²) in [5.41, 5.74) is 0.717. The second-order valence-electron chi connectivity index (χ2n) is 7.13. The summed E-state index contributed by atoms with van der Waals surface area (Å²) in [5.74, 6) is -0.260. The number of para-hydroxylation sites is 1. The molecular weight excluding hydrogens is 370 g/mol. The van der Waals surface area contributed by atoms with Gasteiger partial charge in [-0.3, -0.25) is 19.1 Å². The van der Waals surface area contributed by atoms with Gasteiger partial charge < -0.3 is 14.8 Å². The Hall–Kier alpha value is -3.13. The van der Waals surface area contributed by atoms with Crippen LogP contribution in [0.4, 0.5) is 5.69 Å². The molecule has 0 atom stereocenters. The largest absolute Gasteiger partial charge is 0.369 e. The quantitative estimate of drug-likeness (QED) is 0.696. The molecule has 1 aromatic heterocycles. The van der Waals surface area contributed by atoms with Crippen LogP contribution in [0.2, 0.25) is 0 Å². The van der Waals surface area contributed by atoms with Crippen LogP contribution in [0.1, 0.15) is 5.56 Å². The topological polar surface area (TPSA) is 79.6 Å². The maximum atomic E-state index is 12.1. The van der Waals surface area contributed by atoms with E-state index >= 15 is 0 Å². The van der Waals surface area contributed by atoms with E-state index in [1.54, 1.807) is 7.05 Å². The third kappa shape index (κ3) is 5.23. The monoisotopic (exact) mass is 397 g/mol. The molecule has 0 spiro atoms. The minimum absolute atomic E-state index is 0.260. The number of carbonyl (C=O) groups is 1.